The molecular formula is C42H43N9O9S2. The molecule has 2 aromatic heterocycles. The van der Waals surface area contributed by atoms with Crippen LogP contribution in [0.15, 0.2) is 113 Å². The van der Waals surface area contributed by atoms with Crippen molar-refractivity contribution in [1.82, 2.24) is 39.8 Å². The van der Waals surface area contributed by atoms with E-state index in [-0.39, 0.29) is 42.5 Å². The van der Waals surface area contributed by atoms with E-state index in [0.717, 1.165) is 9.87 Å². The van der Waals surface area contributed by atoms with Gasteiger partial charge in [-0.15, -0.1) is 10.2 Å². The summed E-state index contributed by atoms with van der Waals surface area (Å²) in [5.74, 6) is 1.60. The zero-order valence-corrected chi connectivity index (χ0v) is 35.6. The summed E-state index contributed by atoms with van der Waals surface area (Å²) in [6.45, 7) is 0.416. The number of nitrogens with zero attached hydrogens (tertiary/aromatic N) is 6. The molecule has 1 atom stereocenters. The molecule has 0 radical (unpaired) electrons. The van der Waals surface area contributed by atoms with Crippen LogP contribution in [0.1, 0.15) is 23.6 Å². The van der Waals surface area contributed by atoms with Crippen molar-refractivity contribution in [1.29, 1.82) is 0 Å². The maximum atomic E-state index is 15.9. The second-order valence-corrected chi connectivity index (χ2v) is 18.3. The number of para-hydroxylation sites is 1. The molecule has 5 aromatic carbocycles. The molecule has 0 aliphatic heterocycles. The maximum Gasteiger partial charge on any atom is 0.404 e. The molecule has 322 valence electrons. The first-order valence-electron chi connectivity index (χ1n) is 19.0. The molecule has 5 N–H and O–H groups in total. The highest BCUT2D eigenvalue weighted by Crippen LogP contribution is 2.43. The first-order chi connectivity index (χ1) is 29.7. The van der Waals surface area contributed by atoms with Gasteiger partial charge in [-0.05, 0) is 82.9 Å². The quantitative estimate of drug-likeness (QED) is 0.0900. The first kappa shape index (κ1) is 43.1. The summed E-state index contributed by atoms with van der Waals surface area (Å²) in [4.78, 5) is 19.0. The molecule has 18 nitrogen and oxygen atoms in total. The number of hydrogen-bond donors (Lipinski definition) is 4. The number of aromatic amines is 1. The number of hydrogen-bond acceptors (Lipinski definition) is 13. The number of imidazole rings is 1. The standard InChI is InChI=1S/C42H43N9O9S2/c1-26(22-44-42(52)53)61(54,55)36-21-20-33(34-6-5-7-35-38(34)46-41(43)45-35)37(40-47-49-51(48-40)25-29-12-18-32(60-4)19-13-29)39(36)62(56,57)50(23-27-8-14-30(58-2)15-9-27)24-28-10-16-31(59-3)17-11-28/h5-21,26,44H,22-25H2,1-4H3,(H,52,53)(H3,43,45,46)/t26-/m0/s1. The molecule has 0 saturated heterocycles. The van der Waals surface area contributed by atoms with Gasteiger partial charge in [0.1, 0.15) is 22.1 Å². The lowest BCUT2D eigenvalue weighted by atomic mass is 9.98. The van der Waals surface area contributed by atoms with E-state index in [9.17, 15) is 18.3 Å². The van der Waals surface area contributed by atoms with E-state index in [1.165, 1.54) is 38.1 Å². The molecule has 0 saturated carbocycles. The number of nitrogens with one attached hydrogen (secondary N) is 2. The number of rotatable bonds is 17. The fraction of sp³-hybridized carbons (Fsp3) is 0.214. The number of methoxy groups -OCH3 is 3. The second-order valence-electron chi connectivity index (χ2n) is 14.1. The zero-order valence-electron chi connectivity index (χ0n) is 34.0. The summed E-state index contributed by atoms with van der Waals surface area (Å²) in [6.07, 6.45) is -1.45. The van der Waals surface area contributed by atoms with E-state index < -0.39 is 47.5 Å². The number of carboxylic acid groups (broad SMARTS) is 1. The Kier molecular flexibility index (Phi) is 12.4. The highest BCUT2D eigenvalue weighted by molar-refractivity contribution is 7.94. The van der Waals surface area contributed by atoms with Crippen LogP contribution < -0.4 is 25.3 Å². The van der Waals surface area contributed by atoms with E-state index in [2.05, 4.69) is 30.7 Å². The van der Waals surface area contributed by atoms with Crippen molar-refractivity contribution >= 4 is 42.9 Å². The Morgan fingerprint density at radius 1 is 0.806 bits per heavy atom. The number of fused-ring (bicyclic) bond motifs is 1. The van der Waals surface area contributed by atoms with Crippen LogP contribution in [0.3, 0.4) is 0 Å². The number of sulfonamides is 1. The van der Waals surface area contributed by atoms with E-state index in [1.807, 2.05) is 12.1 Å². The van der Waals surface area contributed by atoms with E-state index >= 15 is 8.42 Å². The lowest BCUT2D eigenvalue weighted by molar-refractivity contribution is 0.194. The predicted molar refractivity (Wildman–Crippen MR) is 230 cm³/mol. The van der Waals surface area contributed by atoms with Gasteiger partial charge in [0.05, 0.1) is 54.6 Å². The number of nitrogens with two attached hydrogens (primary N) is 1. The number of anilines is 1. The third-order valence-corrected chi connectivity index (χ3v) is 14.3. The van der Waals surface area contributed by atoms with Crippen LogP contribution in [0.2, 0.25) is 0 Å². The monoisotopic (exact) mass is 881 g/mol. The van der Waals surface area contributed by atoms with Crippen molar-refractivity contribution in [3.8, 4) is 39.8 Å². The van der Waals surface area contributed by atoms with Gasteiger partial charge in [-0.2, -0.15) is 9.10 Å². The Hall–Kier alpha value is -7.03. The van der Waals surface area contributed by atoms with E-state index in [1.54, 1.807) is 86.0 Å². The van der Waals surface area contributed by atoms with Gasteiger partial charge in [-0.3, -0.25) is 0 Å². The number of H-pyrrole nitrogens is 1. The normalized spacial score (nSPS) is 12.3. The van der Waals surface area contributed by atoms with Crippen LogP contribution in [0.25, 0.3) is 33.5 Å². The summed E-state index contributed by atoms with van der Waals surface area (Å²) in [5, 5.41) is 23.4. The molecule has 62 heavy (non-hydrogen) atoms. The number of tetrazole rings is 1. The molecule has 0 aliphatic rings. The minimum absolute atomic E-state index is 0.0921. The van der Waals surface area contributed by atoms with Gasteiger partial charge in [-0.25, -0.2) is 26.6 Å². The molecule has 2 heterocycles. The Balaban J connectivity index is 1.52. The topological polar surface area (TPSA) is 247 Å². The van der Waals surface area contributed by atoms with E-state index in [4.69, 9.17) is 19.9 Å². The molecule has 0 fully saturated rings. The van der Waals surface area contributed by atoms with Crippen LogP contribution in [0.5, 0.6) is 17.2 Å². The maximum absolute atomic E-state index is 15.9. The number of aromatic nitrogens is 6. The molecule has 0 bridgehead atoms. The zero-order chi connectivity index (χ0) is 44.2. The van der Waals surface area contributed by atoms with Crippen molar-refractivity contribution in [2.24, 2.45) is 0 Å². The molecule has 0 unspecified atom stereocenters. The van der Waals surface area contributed by atoms with Crippen LogP contribution in [-0.4, -0.2) is 95.6 Å². The van der Waals surface area contributed by atoms with Crippen molar-refractivity contribution in [3.63, 3.8) is 0 Å². The van der Waals surface area contributed by atoms with Crippen molar-refractivity contribution < 1.29 is 40.9 Å². The van der Waals surface area contributed by atoms with Crippen LogP contribution >= 0.6 is 0 Å². The fourth-order valence-corrected chi connectivity index (χ4v) is 10.5. The summed E-state index contributed by atoms with van der Waals surface area (Å²) in [5.41, 5.74) is 9.33. The van der Waals surface area contributed by atoms with Gasteiger partial charge in [0.15, 0.2) is 15.8 Å². The average Bonchev–Trinajstić information content (AvgIpc) is 3.91. The largest absolute Gasteiger partial charge is 0.497 e. The lowest BCUT2D eigenvalue weighted by Crippen LogP contribution is -2.36. The molecular weight excluding hydrogens is 839 g/mol. The summed E-state index contributed by atoms with van der Waals surface area (Å²) in [7, 11) is -5.04. The fourth-order valence-electron chi connectivity index (χ4n) is 6.85. The number of sulfone groups is 1. The van der Waals surface area contributed by atoms with Crippen molar-refractivity contribution in [3.05, 3.63) is 120 Å². The number of carbonyl (C=O) groups is 1. The van der Waals surface area contributed by atoms with Gasteiger partial charge < -0.3 is 35.4 Å². The van der Waals surface area contributed by atoms with Crippen LogP contribution in [0.4, 0.5) is 10.7 Å². The number of benzene rings is 5. The third kappa shape index (κ3) is 9.02. The number of amides is 1. The first-order valence-corrected chi connectivity index (χ1v) is 22.0. The lowest BCUT2D eigenvalue weighted by Gasteiger charge is -2.27. The number of ether oxygens (including phenoxy) is 3. The predicted octanol–water partition coefficient (Wildman–Crippen LogP) is 5.36. The van der Waals surface area contributed by atoms with Crippen molar-refractivity contribution in [2.45, 2.75) is 41.6 Å². The molecule has 1 amide bonds. The minimum atomic E-state index is -4.95. The molecule has 7 aromatic rings. The van der Waals surface area contributed by atoms with Gasteiger partial charge >= 0.3 is 6.09 Å². The summed E-state index contributed by atoms with van der Waals surface area (Å²) in [6, 6.07) is 28.5. The van der Waals surface area contributed by atoms with Crippen LogP contribution in [0, 0.1) is 0 Å². The highest BCUT2D eigenvalue weighted by atomic mass is 32.2. The Bertz CT molecular complexity index is 2890. The van der Waals surface area contributed by atoms with Gasteiger partial charge in [-0.1, -0.05) is 54.6 Å². The van der Waals surface area contributed by atoms with E-state index in [0.29, 0.717) is 45.0 Å². The third-order valence-electron chi connectivity index (χ3n) is 10.1. The molecule has 0 aliphatic carbocycles. The summed E-state index contributed by atoms with van der Waals surface area (Å²) >= 11 is 0. The Morgan fingerprint density at radius 2 is 1.37 bits per heavy atom. The van der Waals surface area contributed by atoms with Crippen LogP contribution in [-0.2, 0) is 39.5 Å². The SMILES string of the molecule is COc1ccc(CN(Cc2ccc(OC)cc2)S(=O)(=O)c2c(S(=O)(=O)[C@@H](C)CNC(=O)O)ccc(-c3cccc4nc(N)[nH]c34)c2-c2nnn(Cc3ccc(OC)cc3)n2)cc1. The highest BCUT2D eigenvalue weighted by Gasteiger charge is 2.39. The molecule has 20 heteroatoms. The smallest absolute Gasteiger partial charge is 0.404 e. The molecule has 0 spiro atoms. The van der Waals surface area contributed by atoms with Gasteiger partial charge in [0.25, 0.3) is 0 Å². The van der Waals surface area contributed by atoms with Gasteiger partial charge in [0, 0.05) is 25.2 Å². The number of nitrogen functional groups attached to an aromatic ring is 1. The minimum Gasteiger partial charge on any atom is -0.497 e. The van der Waals surface area contributed by atoms with Gasteiger partial charge in [0.2, 0.25) is 15.8 Å². The molecule has 7 rings (SSSR count). The Morgan fingerprint density at radius 3 is 1.92 bits per heavy atom. The van der Waals surface area contributed by atoms with Crippen molar-refractivity contribution in [2.75, 3.05) is 33.6 Å². The average molecular weight is 882 g/mol. The summed E-state index contributed by atoms with van der Waals surface area (Å²) < 4.78 is 78.6. The Labute approximate surface area is 357 Å². The second kappa shape index (κ2) is 17.9.